The van der Waals surface area contributed by atoms with Crippen molar-refractivity contribution < 1.29 is 18.7 Å². The van der Waals surface area contributed by atoms with Crippen molar-refractivity contribution in [2.24, 2.45) is 5.92 Å². The van der Waals surface area contributed by atoms with Crippen LogP contribution in [0.3, 0.4) is 0 Å². The summed E-state index contributed by atoms with van der Waals surface area (Å²) in [6.07, 6.45) is 0.462. The van der Waals surface area contributed by atoms with Gasteiger partial charge in [-0.05, 0) is 48.6 Å². The van der Waals surface area contributed by atoms with E-state index in [1.165, 1.54) is 16.6 Å². The lowest BCUT2D eigenvalue weighted by Crippen LogP contribution is -2.47. The van der Waals surface area contributed by atoms with E-state index in [0.717, 1.165) is 69.6 Å². The van der Waals surface area contributed by atoms with E-state index in [2.05, 4.69) is 57.9 Å². The minimum absolute atomic E-state index is 0.0491. The van der Waals surface area contributed by atoms with E-state index >= 15 is 0 Å². The van der Waals surface area contributed by atoms with Crippen LogP contribution in [0, 0.1) is 5.92 Å². The van der Waals surface area contributed by atoms with Crippen molar-refractivity contribution in [3.05, 3.63) is 64.9 Å². The lowest BCUT2D eigenvalue weighted by Gasteiger charge is -2.37. The van der Waals surface area contributed by atoms with Crippen molar-refractivity contribution in [3.8, 4) is 11.1 Å². The number of alkyl halides is 2. The number of rotatable bonds is 8. The van der Waals surface area contributed by atoms with Crippen molar-refractivity contribution in [2.75, 3.05) is 62.7 Å². The number of carbonyl (C=O) groups is 1. The number of aromatic nitrogens is 2. The van der Waals surface area contributed by atoms with Gasteiger partial charge in [-0.2, -0.15) is 5.10 Å². The van der Waals surface area contributed by atoms with Crippen LogP contribution in [0.25, 0.3) is 11.1 Å². The SMILES string of the molecule is CC(C)CN1CCN(c2ccc(-c3ccc(Cl)cc3N3CCCC(n4ncc(C=O)c4C(F)F)C3)cc2)CC1.CO. The Bertz CT molecular complexity index is 1280. The molecular weight excluding hydrogens is 548 g/mol. The number of piperazine rings is 1. The molecule has 1 aromatic heterocycles. The minimum Gasteiger partial charge on any atom is -0.400 e. The number of nitrogens with zero attached hydrogens (tertiary/aromatic N) is 5. The molecule has 1 atom stereocenters. The topological polar surface area (TPSA) is 64.8 Å². The molecule has 0 spiro atoms. The number of halogens is 3. The number of hydrogen-bond donors (Lipinski definition) is 1. The van der Waals surface area contributed by atoms with Crippen LogP contribution in [0.5, 0.6) is 0 Å². The molecule has 2 fully saturated rings. The van der Waals surface area contributed by atoms with Crippen LogP contribution in [0.2, 0.25) is 5.02 Å². The Morgan fingerprint density at radius 3 is 2.37 bits per heavy atom. The highest BCUT2D eigenvalue weighted by Crippen LogP contribution is 2.38. The van der Waals surface area contributed by atoms with Gasteiger partial charge in [0.1, 0.15) is 5.69 Å². The molecule has 0 saturated carbocycles. The van der Waals surface area contributed by atoms with E-state index in [1.807, 2.05) is 18.2 Å². The first-order valence-electron chi connectivity index (χ1n) is 14.2. The molecule has 10 heteroatoms. The summed E-state index contributed by atoms with van der Waals surface area (Å²) < 4.78 is 29.0. The van der Waals surface area contributed by atoms with Crippen LogP contribution in [0.4, 0.5) is 20.2 Å². The Hall–Kier alpha value is -3.01. The maximum atomic E-state index is 13.8. The van der Waals surface area contributed by atoms with E-state index < -0.39 is 6.43 Å². The lowest BCUT2D eigenvalue weighted by atomic mass is 9.99. The summed E-state index contributed by atoms with van der Waals surface area (Å²) in [5.74, 6) is 0.680. The number of aliphatic hydroxyl groups excluding tert-OH is 1. The molecule has 3 heterocycles. The molecule has 3 aromatic rings. The second-order valence-corrected chi connectivity index (χ2v) is 11.4. The van der Waals surface area contributed by atoms with Gasteiger partial charge in [0.25, 0.3) is 6.43 Å². The molecule has 7 nitrogen and oxygen atoms in total. The second kappa shape index (κ2) is 14.2. The second-order valence-electron chi connectivity index (χ2n) is 11.0. The number of piperidine rings is 1. The molecule has 1 unspecified atom stereocenters. The molecule has 2 aliphatic heterocycles. The maximum absolute atomic E-state index is 13.8. The molecule has 0 bridgehead atoms. The number of benzene rings is 2. The molecule has 222 valence electrons. The van der Waals surface area contributed by atoms with Crippen molar-refractivity contribution in [1.29, 1.82) is 0 Å². The van der Waals surface area contributed by atoms with Crippen LogP contribution < -0.4 is 9.80 Å². The van der Waals surface area contributed by atoms with E-state index in [1.54, 1.807) is 0 Å². The predicted octanol–water partition coefficient (Wildman–Crippen LogP) is 6.18. The number of aldehydes is 1. The lowest BCUT2D eigenvalue weighted by molar-refractivity contribution is 0.109. The fraction of sp³-hybridized carbons (Fsp3) is 0.484. The van der Waals surface area contributed by atoms with Crippen molar-refractivity contribution in [2.45, 2.75) is 39.2 Å². The Morgan fingerprint density at radius 2 is 1.73 bits per heavy atom. The molecule has 0 radical (unpaired) electrons. The zero-order valence-electron chi connectivity index (χ0n) is 24.0. The predicted molar refractivity (Wildman–Crippen MR) is 162 cm³/mol. The number of aliphatic hydroxyl groups is 1. The third-order valence-electron chi connectivity index (χ3n) is 7.78. The van der Waals surface area contributed by atoms with Gasteiger partial charge in [-0.3, -0.25) is 14.4 Å². The zero-order valence-corrected chi connectivity index (χ0v) is 24.8. The average molecular weight is 588 g/mol. The highest BCUT2D eigenvalue weighted by Gasteiger charge is 2.29. The summed E-state index contributed by atoms with van der Waals surface area (Å²) in [5, 5.41) is 11.8. The fourth-order valence-corrected chi connectivity index (χ4v) is 6.10. The van der Waals surface area contributed by atoms with Gasteiger partial charge in [0.15, 0.2) is 6.29 Å². The Kier molecular flexibility index (Phi) is 10.8. The van der Waals surface area contributed by atoms with Crippen LogP contribution >= 0.6 is 11.6 Å². The van der Waals surface area contributed by atoms with Gasteiger partial charge < -0.3 is 14.9 Å². The highest BCUT2D eigenvalue weighted by atomic mass is 35.5. The van der Waals surface area contributed by atoms with Crippen molar-refractivity contribution >= 4 is 29.3 Å². The Labute approximate surface area is 246 Å². The molecule has 2 aromatic carbocycles. The van der Waals surface area contributed by atoms with Crippen LogP contribution in [0.1, 0.15) is 55.2 Å². The standard InChI is InChI=1S/C30H36ClF2N5O.CH4O/c1-21(2)18-35-12-14-36(15-13-35)25-8-5-22(6-9-25)27-10-7-24(31)16-28(27)37-11-3-4-26(19-37)38-29(30(32)33)23(20-39)17-34-38;1-2/h5-10,16-17,20-21,26,30H,3-4,11-15,18-19H2,1-2H3;2H,1H3. The monoisotopic (exact) mass is 587 g/mol. The molecule has 41 heavy (non-hydrogen) atoms. The third-order valence-corrected chi connectivity index (χ3v) is 8.01. The summed E-state index contributed by atoms with van der Waals surface area (Å²) in [5.41, 5.74) is 3.98. The first-order chi connectivity index (χ1) is 19.8. The third kappa shape index (κ3) is 7.26. The average Bonchev–Trinajstić information content (AvgIpc) is 3.43. The van der Waals surface area contributed by atoms with Crippen molar-refractivity contribution in [3.63, 3.8) is 0 Å². The largest absolute Gasteiger partial charge is 0.400 e. The van der Waals surface area contributed by atoms with Crippen LogP contribution in [0.15, 0.2) is 48.7 Å². The molecule has 1 N–H and O–H groups in total. The summed E-state index contributed by atoms with van der Waals surface area (Å²) in [6, 6.07) is 14.3. The normalized spacial score (nSPS) is 18.0. The van der Waals surface area contributed by atoms with Gasteiger partial charge >= 0.3 is 0 Å². The molecular formula is C31H40ClF2N5O2. The fourth-order valence-electron chi connectivity index (χ4n) is 5.93. The molecule has 2 aliphatic rings. The number of anilines is 2. The highest BCUT2D eigenvalue weighted by molar-refractivity contribution is 6.31. The summed E-state index contributed by atoms with van der Waals surface area (Å²) in [4.78, 5) is 18.5. The molecule has 2 saturated heterocycles. The summed E-state index contributed by atoms with van der Waals surface area (Å²) >= 11 is 6.44. The zero-order chi connectivity index (χ0) is 29.5. The first kappa shape index (κ1) is 30.9. The number of carbonyl (C=O) groups excluding carboxylic acids is 1. The minimum atomic E-state index is -2.76. The smallest absolute Gasteiger partial charge is 0.280 e. The van der Waals surface area contributed by atoms with Gasteiger partial charge in [-0.25, -0.2) is 8.78 Å². The van der Waals surface area contributed by atoms with E-state index in [0.29, 0.717) is 30.2 Å². The molecule has 5 rings (SSSR count). The van der Waals surface area contributed by atoms with E-state index in [-0.39, 0.29) is 17.3 Å². The first-order valence-corrected chi connectivity index (χ1v) is 14.6. The molecule has 0 aliphatic carbocycles. The van der Waals surface area contributed by atoms with Gasteiger partial charge in [-0.15, -0.1) is 0 Å². The van der Waals surface area contributed by atoms with Crippen molar-refractivity contribution in [1.82, 2.24) is 14.7 Å². The Balaban J connectivity index is 0.00000189. The quantitative estimate of drug-likeness (QED) is 0.318. The summed E-state index contributed by atoms with van der Waals surface area (Å²) in [6.45, 7) is 11.2. The van der Waals surface area contributed by atoms with Crippen LogP contribution in [-0.4, -0.2) is 79.0 Å². The van der Waals surface area contributed by atoms with E-state index in [4.69, 9.17) is 16.7 Å². The van der Waals surface area contributed by atoms with Gasteiger partial charge in [0.05, 0.1) is 17.8 Å². The maximum Gasteiger partial charge on any atom is 0.280 e. The Morgan fingerprint density at radius 1 is 1.02 bits per heavy atom. The summed E-state index contributed by atoms with van der Waals surface area (Å²) in [7, 11) is 1.00. The van der Waals surface area contributed by atoms with Crippen LogP contribution in [-0.2, 0) is 0 Å². The van der Waals surface area contributed by atoms with E-state index in [9.17, 15) is 13.6 Å². The molecule has 0 amide bonds. The number of hydrogen-bond acceptors (Lipinski definition) is 6. The van der Waals surface area contributed by atoms with Gasteiger partial charge in [0, 0.05) is 74.9 Å². The van der Waals surface area contributed by atoms with Gasteiger partial charge in [0.2, 0.25) is 0 Å². The van der Waals surface area contributed by atoms with Gasteiger partial charge in [-0.1, -0.05) is 43.6 Å².